The zero-order valence-corrected chi connectivity index (χ0v) is 14.2. The van der Waals surface area contributed by atoms with Crippen LogP contribution in [0.1, 0.15) is 36.7 Å². The minimum atomic E-state index is -0.650. The molecule has 1 aliphatic heterocycles. The molecular weight excluding hydrogens is 326 g/mol. The number of hydrogen-bond donors (Lipinski definition) is 2. The van der Waals surface area contributed by atoms with Gasteiger partial charge in [-0.3, -0.25) is 14.2 Å². The van der Waals surface area contributed by atoms with Crippen LogP contribution in [0.5, 0.6) is 11.5 Å². The maximum atomic E-state index is 12.6. The van der Waals surface area contributed by atoms with Gasteiger partial charge in [0.1, 0.15) is 5.56 Å². The number of benzene rings is 1. The topological polar surface area (TPSA) is 102 Å². The summed E-state index contributed by atoms with van der Waals surface area (Å²) in [6.07, 6.45) is 1.14. The maximum Gasteiger partial charge on any atom is 0.328 e. The zero-order chi connectivity index (χ0) is 18.2. The molecule has 0 saturated heterocycles. The van der Waals surface area contributed by atoms with Gasteiger partial charge in [0.2, 0.25) is 6.79 Å². The molecule has 132 valence electrons. The van der Waals surface area contributed by atoms with Crippen molar-refractivity contribution in [3.05, 3.63) is 56.4 Å². The van der Waals surface area contributed by atoms with Crippen LogP contribution in [-0.4, -0.2) is 27.8 Å². The number of carbonyl (C=O) groups excluding carboxylic acids is 1. The first kappa shape index (κ1) is 16.8. The molecule has 2 heterocycles. The number of nitrogens with one attached hydrogen (secondary N) is 2. The normalized spacial score (nSPS) is 12.9. The summed E-state index contributed by atoms with van der Waals surface area (Å²) in [5, 5.41) is 2.71. The van der Waals surface area contributed by atoms with E-state index in [2.05, 4.69) is 10.3 Å². The van der Waals surface area contributed by atoms with Crippen LogP contribution in [0.25, 0.3) is 0 Å². The second-order valence-electron chi connectivity index (χ2n) is 6.79. The SMILES string of the molecule is CC(C)(C)NC(=O)c1c[nH]c(=O)n(Cc2ccc3c(c2)OCO3)c1=O. The van der Waals surface area contributed by atoms with Gasteiger partial charge in [0, 0.05) is 11.7 Å². The van der Waals surface area contributed by atoms with E-state index in [1.165, 1.54) is 0 Å². The lowest BCUT2D eigenvalue weighted by Gasteiger charge is -2.20. The van der Waals surface area contributed by atoms with Gasteiger partial charge >= 0.3 is 5.69 Å². The Balaban J connectivity index is 1.94. The predicted octanol–water partition coefficient (Wildman–Crippen LogP) is 0.842. The van der Waals surface area contributed by atoms with Crippen molar-refractivity contribution >= 4 is 5.91 Å². The Hall–Kier alpha value is -3.03. The van der Waals surface area contributed by atoms with Gasteiger partial charge in [-0.05, 0) is 38.5 Å². The molecule has 8 heteroatoms. The van der Waals surface area contributed by atoms with Crippen molar-refractivity contribution in [1.82, 2.24) is 14.9 Å². The third-order valence-electron chi connectivity index (χ3n) is 3.57. The van der Waals surface area contributed by atoms with Gasteiger partial charge in [-0.25, -0.2) is 4.79 Å². The average Bonchev–Trinajstić information content (AvgIpc) is 2.97. The smallest absolute Gasteiger partial charge is 0.328 e. The fourth-order valence-electron chi connectivity index (χ4n) is 2.45. The average molecular weight is 345 g/mol. The van der Waals surface area contributed by atoms with E-state index in [9.17, 15) is 14.4 Å². The van der Waals surface area contributed by atoms with Crippen molar-refractivity contribution in [2.24, 2.45) is 0 Å². The van der Waals surface area contributed by atoms with Gasteiger partial charge in [0.05, 0.1) is 6.54 Å². The Bertz CT molecular complexity index is 937. The highest BCUT2D eigenvalue weighted by Gasteiger charge is 2.20. The summed E-state index contributed by atoms with van der Waals surface area (Å²) in [4.78, 5) is 39.3. The van der Waals surface area contributed by atoms with Gasteiger partial charge in [0.15, 0.2) is 11.5 Å². The highest BCUT2D eigenvalue weighted by Crippen LogP contribution is 2.32. The highest BCUT2D eigenvalue weighted by molar-refractivity contribution is 5.93. The van der Waals surface area contributed by atoms with Crippen molar-refractivity contribution in [2.75, 3.05) is 6.79 Å². The van der Waals surface area contributed by atoms with Crippen LogP contribution in [0.4, 0.5) is 0 Å². The molecule has 8 nitrogen and oxygen atoms in total. The molecule has 1 aromatic heterocycles. The predicted molar refractivity (Wildman–Crippen MR) is 90.2 cm³/mol. The molecule has 3 rings (SSSR count). The lowest BCUT2D eigenvalue weighted by Crippen LogP contribution is -2.45. The molecule has 2 N–H and O–H groups in total. The summed E-state index contributed by atoms with van der Waals surface area (Å²) in [5.41, 5.74) is -1.17. The summed E-state index contributed by atoms with van der Waals surface area (Å²) in [5.74, 6) is 0.639. The summed E-state index contributed by atoms with van der Waals surface area (Å²) in [6.45, 7) is 5.58. The number of carbonyl (C=O) groups is 1. The third-order valence-corrected chi connectivity index (χ3v) is 3.57. The first-order chi connectivity index (χ1) is 11.7. The molecule has 1 aromatic carbocycles. The van der Waals surface area contributed by atoms with E-state index >= 15 is 0 Å². The number of H-pyrrole nitrogens is 1. The molecule has 0 aliphatic carbocycles. The number of fused-ring (bicyclic) bond motifs is 1. The number of amides is 1. The quantitative estimate of drug-likeness (QED) is 0.858. The lowest BCUT2D eigenvalue weighted by molar-refractivity contribution is 0.0916. The van der Waals surface area contributed by atoms with Crippen LogP contribution in [0, 0.1) is 0 Å². The molecule has 0 saturated carbocycles. The van der Waals surface area contributed by atoms with Crippen molar-refractivity contribution in [3.63, 3.8) is 0 Å². The fourth-order valence-corrected chi connectivity index (χ4v) is 2.45. The fraction of sp³-hybridized carbons (Fsp3) is 0.353. The van der Waals surface area contributed by atoms with Gasteiger partial charge in [-0.15, -0.1) is 0 Å². The van der Waals surface area contributed by atoms with Crippen molar-refractivity contribution < 1.29 is 14.3 Å². The van der Waals surface area contributed by atoms with Crippen LogP contribution >= 0.6 is 0 Å². The molecule has 1 amide bonds. The van der Waals surface area contributed by atoms with Gasteiger partial charge < -0.3 is 19.8 Å². The standard InChI is InChI=1S/C17H19N3O5/c1-17(2,3)19-14(21)11-7-18-16(23)20(15(11)22)8-10-4-5-12-13(6-10)25-9-24-12/h4-7H,8-9H2,1-3H3,(H,18,23)(H,19,21). The Kier molecular flexibility index (Phi) is 4.12. The first-order valence-corrected chi connectivity index (χ1v) is 7.78. The molecule has 0 bridgehead atoms. The molecule has 0 unspecified atom stereocenters. The summed E-state index contributed by atoms with van der Waals surface area (Å²) < 4.78 is 11.5. The second kappa shape index (κ2) is 6.12. The van der Waals surface area contributed by atoms with Crippen LogP contribution in [-0.2, 0) is 6.54 Å². The molecule has 0 spiro atoms. The Labute approximate surface area is 143 Å². The van der Waals surface area contributed by atoms with Crippen molar-refractivity contribution in [1.29, 1.82) is 0 Å². The first-order valence-electron chi connectivity index (χ1n) is 7.78. The maximum absolute atomic E-state index is 12.6. The largest absolute Gasteiger partial charge is 0.454 e. The minimum absolute atomic E-state index is 0.0153. The number of rotatable bonds is 3. The molecular formula is C17H19N3O5. The van der Waals surface area contributed by atoms with Gasteiger partial charge in [-0.1, -0.05) is 6.07 Å². The van der Waals surface area contributed by atoms with E-state index in [0.29, 0.717) is 17.1 Å². The molecule has 2 aromatic rings. The van der Waals surface area contributed by atoms with Gasteiger partial charge in [-0.2, -0.15) is 0 Å². The van der Waals surface area contributed by atoms with Crippen LogP contribution in [0.3, 0.4) is 0 Å². The van der Waals surface area contributed by atoms with Crippen LogP contribution in [0.15, 0.2) is 34.0 Å². The lowest BCUT2D eigenvalue weighted by atomic mass is 10.1. The van der Waals surface area contributed by atoms with Crippen molar-refractivity contribution in [2.45, 2.75) is 32.9 Å². The number of hydrogen-bond acceptors (Lipinski definition) is 5. The monoisotopic (exact) mass is 345 g/mol. The van der Waals surface area contributed by atoms with Crippen LogP contribution in [0.2, 0.25) is 0 Å². The van der Waals surface area contributed by atoms with Crippen molar-refractivity contribution in [3.8, 4) is 11.5 Å². The Morgan fingerprint density at radius 2 is 1.96 bits per heavy atom. The van der Waals surface area contributed by atoms with E-state index in [4.69, 9.17) is 9.47 Å². The molecule has 0 fully saturated rings. The Morgan fingerprint density at radius 3 is 2.68 bits per heavy atom. The summed E-state index contributed by atoms with van der Waals surface area (Å²) >= 11 is 0. The molecule has 1 aliphatic rings. The second-order valence-corrected chi connectivity index (χ2v) is 6.79. The summed E-state index contributed by atoms with van der Waals surface area (Å²) in [7, 11) is 0. The van der Waals surface area contributed by atoms with E-state index in [1.807, 2.05) is 20.8 Å². The van der Waals surface area contributed by atoms with E-state index < -0.39 is 22.7 Å². The zero-order valence-electron chi connectivity index (χ0n) is 14.2. The van der Waals surface area contributed by atoms with E-state index in [-0.39, 0.29) is 18.9 Å². The number of nitrogens with zero attached hydrogens (tertiary/aromatic N) is 1. The highest BCUT2D eigenvalue weighted by atomic mass is 16.7. The Morgan fingerprint density at radius 1 is 1.24 bits per heavy atom. The van der Waals surface area contributed by atoms with Gasteiger partial charge in [0.25, 0.3) is 11.5 Å². The van der Waals surface area contributed by atoms with E-state index in [0.717, 1.165) is 10.8 Å². The van der Waals surface area contributed by atoms with Crippen LogP contribution < -0.4 is 26.0 Å². The summed E-state index contributed by atoms with van der Waals surface area (Å²) in [6, 6.07) is 5.16. The number of ether oxygens (including phenoxy) is 2. The number of aromatic nitrogens is 2. The molecule has 0 atom stereocenters. The third kappa shape index (κ3) is 3.57. The van der Waals surface area contributed by atoms with E-state index in [1.54, 1.807) is 18.2 Å². The minimum Gasteiger partial charge on any atom is -0.454 e. The molecule has 25 heavy (non-hydrogen) atoms. The molecule has 0 radical (unpaired) electrons. The number of aromatic amines is 1.